The van der Waals surface area contributed by atoms with Crippen LogP contribution in [0.1, 0.15) is 44.3 Å². The number of ether oxygens (including phenoxy) is 1. The Kier molecular flexibility index (Phi) is 8.34. The number of nitrogens with one attached hydrogen (secondary N) is 1. The Balaban J connectivity index is 1.45. The summed E-state index contributed by atoms with van der Waals surface area (Å²) in [4.78, 5) is 6.91. The molecule has 0 saturated carbocycles. The Morgan fingerprint density at radius 3 is 2.90 bits per heavy atom. The average Bonchev–Trinajstić information content (AvgIpc) is 2.97. The van der Waals surface area contributed by atoms with Gasteiger partial charge in [0, 0.05) is 39.5 Å². The third-order valence-corrected chi connectivity index (χ3v) is 5.14. The number of nitrogens with zero attached hydrogens (tertiary/aromatic N) is 5. The van der Waals surface area contributed by atoms with Crippen molar-refractivity contribution in [3.8, 4) is 5.75 Å². The van der Waals surface area contributed by atoms with Crippen LogP contribution in [-0.4, -0.2) is 58.9 Å². The zero-order chi connectivity index (χ0) is 20.3. The number of aryl methyl sites for hydroxylation is 2. The Bertz CT molecular complexity index is 758. The maximum atomic E-state index is 5.80. The number of aliphatic imine (C=N–C) groups is 1. The number of fused-ring (bicyclic) bond motifs is 1. The van der Waals surface area contributed by atoms with E-state index in [9.17, 15) is 0 Å². The molecule has 1 aromatic carbocycles. The molecule has 158 valence electrons. The lowest BCUT2D eigenvalue weighted by molar-refractivity contribution is 0.281. The van der Waals surface area contributed by atoms with Crippen LogP contribution in [0.25, 0.3) is 0 Å². The van der Waals surface area contributed by atoms with Crippen molar-refractivity contribution in [3.63, 3.8) is 0 Å². The largest absolute Gasteiger partial charge is 0.492 e. The Morgan fingerprint density at radius 1 is 1.21 bits per heavy atom. The molecule has 1 aliphatic heterocycles. The van der Waals surface area contributed by atoms with Crippen molar-refractivity contribution in [3.05, 3.63) is 42.0 Å². The number of hydrogen-bond donors (Lipinski definition) is 1. The molecule has 0 aliphatic carbocycles. The van der Waals surface area contributed by atoms with Gasteiger partial charge in [-0.25, -0.2) is 0 Å². The van der Waals surface area contributed by atoms with Gasteiger partial charge >= 0.3 is 0 Å². The molecule has 7 heteroatoms. The first-order valence-electron chi connectivity index (χ1n) is 10.9. The predicted octanol–water partition coefficient (Wildman–Crippen LogP) is 2.91. The molecule has 3 rings (SSSR count). The number of benzene rings is 1. The Hall–Kier alpha value is -2.57. The molecule has 0 unspecified atom stereocenters. The molecule has 7 nitrogen and oxygen atoms in total. The molecule has 0 amide bonds. The highest BCUT2D eigenvalue weighted by Gasteiger charge is 2.14. The number of guanidine groups is 1. The van der Waals surface area contributed by atoms with E-state index in [4.69, 9.17) is 9.73 Å². The molecule has 1 N–H and O–H groups in total. The van der Waals surface area contributed by atoms with Crippen LogP contribution >= 0.6 is 0 Å². The van der Waals surface area contributed by atoms with Gasteiger partial charge in [0.25, 0.3) is 0 Å². The van der Waals surface area contributed by atoms with Gasteiger partial charge in [-0.2, -0.15) is 0 Å². The molecular weight excluding hydrogens is 364 g/mol. The Morgan fingerprint density at radius 2 is 2.07 bits per heavy atom. The summed E-state index contributed by atoms with van der Waals surface area (Å²) in [5.41, 5.74) is 0. The molecule has 1 aromatic heterocycles. The number of likely N-dealkylation sites (N-methyl/N-ethyl adjacent to an activating group) is 1. The van der Waals surface area contributed by atoms with Crippen molar-refractivity contribution < 1.29 is 4.74 Å². The fourth-order valence-electron chi connectivity index (χ4n) is 3.55. The van der Waals surface area contributed by atoms with Gasteiger partial charge in [0.15, 0.2) is 5.96 Å². The summed E-state index contributed by atoms with van der Waals surface area (Å²) >= 11 is 0. The van der Waals surface area contributed by atoms with Crippen molar-refractivity contribution in [2.24, 2.45) is 4.99 Å². The van der Waals surface area contributed by atoms with Crippen molar-refractivity contribution >= 4 is 5.96 Å². The quantitative estimate of drug-likeness (QED) is 0.400. The van der Waals surface area contributed by atoms with Crippen LogP contribution in [0.3, 0.4) is 0 Å². The second-order valence-electron chi connectivity index (χ2n) is 7.42. The number of hydrogen-bond acceptors (Lipinski definition) is 4. The van der Waals surface area contributed by atoms with Crippen LogP contribution in [0.5, 0.6) is 5.75 Å². The first-order valence-corrected chi connectivity index (χ1v) is 10.9. The molecule has 1 aliphatic rings. The van der Waals surface area contributed by atoms with E-state index >= 15 is 0 Å². The smallest absolute Gasteiger partial charge is 0.193 e. The second-order valence-corrected chi connectivity index (χ2v) is 7.42. The minimum atomic E-state index is 0.622. The van der Waals surface area contributed by atoms with Crippen molar-refractivity contribution in [1.82, 2.24) is 25.0 Å². The first-order chi connectivity index (χ1) is 14.3. The van der Waals surface area contributed by atoms with Crippen LogP contribution in [0.2, 0.25) is 0 Å². The fraction of sp³-hybridized carbons (Fsp3) is 0.591. The van der Waals surface area contributed by atoms with Gasteiger partial charge in [0.1, 0.15) is 24.0 Å². The summed E-state index contributed by atoms with van der Waals surface area (Å²) in [7, 11) is 2.05. The van der Waals surface area contributed by atoms with Crippen LogP contribution < -0.4 is 10.1 Å². The van der Waals surface area contributed by atoms with E-state index in [-0.39, 0.29) is 0 Å². The number of aromatic nitrogens is 3. The van der Waals surface area contributed by atoms with E-state index in [0.29, 0.717) is 6.61 Å². The first kappa shape index (κ1) is 21.1. The van der Waals surface area contributed by atoms with Crippen LogP contribution in [-0.2, 0) is 19.4 Å². The van der Waals surface area contributed by atoms with E-state index in [2.05, 4.69) is 31.9 Å². The van der Waals surface area contributed by atoms with E-state index < -0.39 is 0 Å². The average molecular weight is 399 g/mol. The molecule has 0 radical (unpaired) electrons. The van der Waals surface area contributed by atoms with Gasteiger partial charge in [-0.05, 0) is 38.3 Å². The third-order valence-electron chi connectivity index (χ3n) is 5.14. The lowest BCUT2D eigenvalue weighted by Gasteiger charge is -2.22. The summed E-state index contributed by atoms with van der Waals surface area (Å²) in [5.74, 6) is 4.10. The van der Waals surface area contributed by atoms with Crippen LogP contribution in [0.4, 0.5) is 0 Å². The second kappa shape index (κ2) is 11.4. The highest BCUT2D eigenvalue weighted by Crippen LogP contribution is 2.15. The molecule has 0 spiro atoms. The lowest BCUT2D eigenvalue weighted by Crippen LogP contribution is -2.41. The fourth-order valence-corrected chi connectivity index (χ4v) is 3.55. The standard InChI is InChI=1S/C22H34N6O/c1-3-23-22(27(2)17-18-29-19-11-6-4-7-12-19)24-15-10-14-21-26-25-20-13-8-5-9-16-28(20)21/h4,6-7,11-12H,3,5,8-10,13-18H2,1-2H3,(H,23,24). The van der Waals surface area contributed by atoms with Crippen LogP contribution in [0.15, 0.2) is 35.3 Å². The van der Waals surface area contributed by atoms with E-state index in [1.807, 2.05) is 37.4 Å². The zero-order valence-electron chi connectivity index (χ0n) is 17.8. The summed E-state index contributed by atoms with van der Waals surface area (Å²) < 4.78 is 8.13. The van der Waals surface area contributed by atoms with Gasteiger partial charge in [0.2, 0.25) is 0 Å². The molecule has 0 fully saturated rings. The van der Waals surface area contributed by atoms with Gasteiger partial charge in [-0.3, -0.25) is 4.99 Å². The molecule has 0 bridgehead atoms. The lowest BCUT2D eigenvalue weighted by atomic mass is 10.2. The minimum Gasteiger partial charge on any atom is -0.492 e. The van der Waals surface area contributed by atoms with E-state index in [1.165, 1.54) is 19.3 Å². The topological polar surface area (TPSA) is 67.6 Å². The van der Waals surface area contributed by atoms with Crippen molar-refractivity contribution in [2.45, 2.75) is 52.0 Å². The summed E-state index contributed by atoms with van der Waals surface area (Å²) in [6, 6.07) is 9.92. The Labute approximate surface area is 174 Å². The third kappa shape index (κ3) is 6.48. The zero-order valence-corrected chi connectivity index (χ0v) is 17.8. The summed E-state index contributed by atoms with van der Waals surface area (Å²) in [5, 5.41) is 12.2. The van der Waals surface area contributed by atoms with E-state index in [0.717, 1.165) is 68.8 Å². The molecule has 0 atom stereocenters. The number of rotatable bonds is 9. The van der Waals surface area contributed by atoms with Gasteiger partial charge in [-0.15, -0.1) is 10.2 Å². The van der Waals surface area contributed by atoms with Gasteiger partial charge in [-0.1, -0.05) is 24.6 Å². The monoisotopic (exact) mass is 398 g/mol. The molecule has 29 heavy (non-hydrogen) atoms. The summed E-state index contributed by atoms with van der Waals surface area (Å²) in [6.45, 7) is 6.17. The van der Waals surface area contributed by atoms with E-state index in [1.54, 1.807) is 0 Å². The summed E-state index contributed by atoms with van der Waals surface area (Å²) in [6.07, 6.45) is 6.72. The van der Waals surface area contributed by atoms with Crippen molar-refractivity contribution in [1.29, 1.82) is 0 Å². The molecule has 2 aromatic rings. The van der Waals surface area contributed by atoms with Gasteiger partial charge in [0.05, 0.1) is 6.54 Å². The normalized spacial score (nSPS) is 14.2. The minimum absolute atomic E-state index is 0.622. The molecule has 0 saturated heterocycles. The maximum absolute atomic E-state index is 5.80. The van der Waals surface area contributed by atoms with Crippen LogP contribution in [0, 0.1) is 0 Å². The highest BCUT2D eigenvalue weighted by molar-refractivity contribution is 5.79. The van der Waals surface area contributed by atoms with Crippen molar-refractivity contribution in [2.75, 3.05) is 33.3 Å². The maximum Gasteiger partial charge on any atom is 0.193 e. The predicted molar refractivity (Wildman–Crippen MR) is 116 cm³/mol. The SMILES string of the molecule is CCNC(=NCCCc1nnc2n1CCCCC2)N(C)CCOc1ccccc1. The number of para-hydroxylation sites is 1. The molecular formula is C22H34N6O. The van der Waals surface area contributed by atoms with Gasteiger partial charge < -0.3 is 19.5 Å². The molecule has 2 heterocycles. The highest BCUT2D eigenvalue weighted by atomic mass is 16.5.